The van der Waals surface area contributed by atoms with Gasteiger partial charge in [-0.25, -0.2) is 0 Å². The van der Waals surface area contributed by atoms with Gasteiger partial charge in [0.1, 0.15) is 0 Å². The molecule has 0 aliphatic carbocycles. The summed E-state index contributed by atoms with van der Waals surface area (Å²) >= 11 is 0. The van der Waals surface area contributed by atoms with Gasteiger partial charge in [0.2, 0.25) is 11.8 Å². The van der Waals surface area contributed by atoms with Crippen LogP contribution >= 0.6 is 0 Å². The van der Waals surface area contributed by atoms with Crippen LogP contribution in [0.25, 0.3) is 11.3 Å². The van der Waals surface area contributed by atoms with E-state index < -0.39 is 0 Å². The number of pyridine rings is 1. The van der Waals surface area contributed by atoms with Crippen LogP contribution < -0.4 is 10.2 Å². The summed E-state index contributed by atoms with van der Waals surface area (Å²) in [6.07, 6.45) is 5.48. The highest BCUT2D eigenvalue weighted by Crippen LogP contribution is 2.27. The lowest BCUT2D eigenvalue weighted by atomic mass is 10.1. The molecule has 154 valence electrons. The van der Waals surface area contributed by atoms with E-state index in [1.807, 2.05) is 51.2 Å². The molecule has 1 aliphatic heterocycles. The van der Waals surface area contributed by atoms with Crippen LogP contribution in [0.15, 0.2) is 48.9 Å². The molecule has 0 unspecified atom stereocenters. The molecule has 1 aliphatic rings. The molecule has 1 saturated heterocycles. The fourth-order valence-corrected chi connectivity index (χ4v) is 3.74. The molecule has 30 heavy (non-hydrogen) atoms. The summed E-state index contributed by atoms with van der Waals surface area (Å²) < 4.78 is 1.78. The first-order valence-corrected chi connectivity index (χ1v) is 10.00. The molecule has 1 N–H and O–H groups in total. The number of nitrogens with one attached hydrogen (secondary N) is 1. The summed E-state index contributed by atoms with van der Waals surface area (Å²) in [4.78, 5) is 31.2. The number of rotatable bonds is 5. The van der Waals surface area contributed by atoms with E-state index in [4.69, 9.17) is 0 Å². The van der Waals surface area contributed by atoms with Crippen molar-refractivity contribution >= 4 is 17.5 Å². The SMILES string of the molecule is Cc1ccc(N2C[C@H](C(=O)NCc3cncc(-c4ccnn4C)c3)CC2=O)cc1C. The maximum Gasteiger partial charge on any atom is 0.227 e. The standard InChI is InChI=1S/C23H25N5O2/c1-15-4-5-20(8-16(15)2)28-14-19(10-22(28)29)23(30)25-12-17-9-18(13-24-11-17)21-6-7-26-27(21)3/h4-9,11,13,19H,10,12,14H2,1-3H3,(H,25,30)/t19-/m1/s1. The van der Waals surface area contributed by atoms with Gasteiger partial charge in [0.25, 0.3) is 0 Å². The summed E-state index contributed by atoms with van der Waals surface area (Å²) in [7, 11) is 1.88. The molecular formula is C23H25N5O2. The van der Waals surface area contributed by atoms with E-state index in [1.165, 1.54) is 5.56 Å². The molecule has 3 aromatic rings. The van der Waals surface area contributed by atoms with E-state index in [1.54, 1.807) is 28.2 Å². The number of hydrogen-bond acceptors (Lipinski definition) is 4. The number of aryl methyl sites for hydroxylation is 3. The first-order chi connectivity index (χ1) is 14.4. The molecule has 0 spiro atoms. The number of hydrogen-bond donors (Lipinski definition) is 1. The number of carbonyl (C=O) groups is 2. The molecule has 3 heterocycles. The quantitative estimate of drug-likeness (QED) is 0.710. The van der Waals surface area contributed by atoms with Crippen molar-refractivity contribution in [1.29, 1.82) is 0 Å². The third-order valence-corrected chi connectivity index (χ3v) is 5.68. The van der Waals surface area contributed by atoms with Crippen LogP contribution in [0, 0.1) is 19.8 Å². The van der Waals surface area contributed by atoms with Gasteiger partial charge in [-0.3, -0.25) is 19.3 Å². The van der Waals surface area contributed by atoms with Crippen molar-refractivity contribution in [3.05, 3.63) is 65.6 Å². The summed E-state index contributed by atoms with van der Waals surface area (Å²) in [6, 6.07) is 9.86. The maximum absolute atomic E-state index is 12.7. The lowest BCUT2D eigenvalue weighted by molar-refractivity contribution is -0.126. The third-order valence-electron chi connectivity index (χ3n) is 5.68. The minimum absolute atomic E-state index is 0.0155. The van der Waals surface area contributed by atoms with Crippen LogP contribution in [0.4, 0.5) is 5.69 Å². The van der Waals surface area contributed by atoms with Crippen molar-refractivity contribution in [1.82, 2.24) is 20.1 Å². The Hall–Kier alpha value is -3.48. The Morgan fingerprint density at radius 1 is 1.17 bits per heavy atom. The summed E-state index contributed by atoms with van der Waals surface area (Å²) in [5.41, 5.74) is 5.97. The van der Waals surface area contributed by atoms with Crippen molar-refractivity contribution in [3.8, 4) is 11.3 Å². The number of carbonyl (C=O) groups excluding carboxylic acids is 2. The Bertz CT molecular complexity index is 1100. The Kier molecular flexibility index (Phi) is 5.35. The highest BCUT2D eigenvalue weighted by molar-refractivity contribution is 6.00. The smallest absolute Gasteiger partial charge is 0.227 e. The Balaban J connectivity index is 1.40. The van der Waals surface area contributed by atoms with Crippen molar-refractivity contribution in [2.45, 2.75) is 26.8 Å². The molecule has 0 bridgehead atoms. The van der Waals surface area contributed by atoms with Gasteiger partial charge in [0, 0.05) is 56.4 Å². The largest absolute Gasteiger partial charge is 0.352 e. The van der Waals surface area contributed by atoms with Gasteiger partial charge in [-0.2, -0.15) is 5.10 Å². The molecule has 7 heteroatoms. The number of amides is 2. The second-order valence-electron chi connectivity index (χ2n) is 7.81. The van der Waals surface area contributed by atoms with E-state index in [0.29, 0.717) is 13.1 Å². The topological polar surface area (TPSA) is 80.1 Å². The van der Waals surface area contributed by atoms with Crippen LogP contribution in [0.2, 0.25) is 0 Å². The average Bonchev–Trinajstić information content (AvgIpc) is 3.34. The van der Waals surface area contributed by atoms with Gasteiger partial charge in [0.05, 0.1) is 11.6 Å². The number of benzene rings is 1. The molecule has 0 radical (unpaired) electrons. The van der Waals surface area contributed by atoms with Crippen molar-refractivity contribution < 1.29 is 9.59 Å². The zero-order valence-corrected chi connectivity index (χ0v) is 17.4. The fourth-order valence-electron chi connectivity index (χ4n) is 3.74. The van der Waals surface area contributed by atoms with Gasteiger partial charge < -0.3 is 10.2 Å². The second-order valence-corrected chi connectivity index (χ2v) is 7.81. The van der Waals surface area contributed by atoms with Gasteiger partial charge in [-0.15, -0.1) is 0 Å². The van der Waals surface area contributed by atoms with Gasteiger partial charge >= 0.3 is 0 Å². The molecule has 2 amide bonds. The average molecular weight is 403 g/mol. The minimum Gasteiger partial charge on any atom is -0.352 e. The molecule has 1 aromatic carbocycles. The zero-order valence-electron chi connectivity index (χ0n) is 17.4. The van der Waals surface area contributed by atoms with Crippen molar-refractivity contribution in [2.75, 3.05) is 11.4 Å². The van der Waals surface area contributed by atoms with Crippen LogP contribution in [0.5, 0.6) is 0 Å². The van der Waals surface area contributed by atoms with Crippen LogP contribution in [0.1, 0.15) is 23.1 Å². The summed E-state index contributed by atoms with van der Waals surface area (Å²) in [5.74, 6) is -0.480. The van der Waals surface area contributed by atoms with Crippen LogP contribution in [-0.4, -0.2) is 33.1 Å². The normalized spacial score (nSPS) is 16.2. The van der Waals surface area contributed by atoms with Crippen LogP contribution in [-0.2, 0) is 23.2 Å². The number of anilines is 1. The van der Waals surface area contributed by atoms with Crippen molar-refractivity contribution in [3.63, 3.8) is 0 Å². The van der Waals surface area contributed by atoms with Gasteiger partial charge in [-0.05, 0) is 54.8 Å². The molecule has 1 atom stereocenters. The Morgan fingerprint density at radius 3 is 2.73 bits per heavy atom. The predicted molar refractivity (Wildman–Crippen MR) is 115 cm³/mol. The van der Waals surface area contributed by atoms with E-state index >= 15 is 0 Å². The molecule has 7 nitrogen and oxygen atoms in total. The van der Waals surface area contributed by atoms with Gasteiger partial charge in [-0.1, -0.05) is 6.07 Å². The highest BCUT2D eigenvalue weighted by atomic mass is 16.2. The maximum atomic E-state index is 12.7. The zero-order chi connectivity index (χ0) is 21.3. The Morgan fingerprint density at radius 2 is 2.00 bits per heavy atom. The molecule has 2 aromatic heterocycles. The van der Waals surface area contributed by atoms with Gasteiger partial charge in [0.15, 0.2) is 0 Å². The third kappa shape index (κ3) is 3.96. The fraction of sp³-hybridized carbons (Fsp3) is 0.304. The molecule has 4 rings (SSSR count). The minimum atomic E-state index is -0.354. The van der Waals surface area contributed by atoms with E-state index in [2.05, 4.69) is 15.4 Å². The molecule has 1 fully saturated rings. The predicted octanol–water partition coefficient (Wildman–Crippen LogP) is 2.77. The second kappa shape index (κ2) is 8.10. The first-order valence-electron chi connectivity index (χ1n) is 10.00. The monoisotopic (exact) mass is 403 g/mol. The highest BCUT2D eigenvalue weighted by Gasteiger charge is 2.35. The number of nitrogens with zero attached hydrogens (tertiary/aromatic N) is 4. The molecule has 0 saturated carbocycles. The Labute approximate surface area is 175 Å². The first kappa shape index (κ1) is 19.8. The lowest BCUT2D eigenvalue weighted by Crippen LogP contribution is -2.32. The van der Waals surface area contributed by atoms with E-state index in [0.717, 1.165) is 28.1 Å². The van der Waals surface area contributed by atoms with E-state index in [-0.39, 0.29) is 24.2 Å². The summed E-state index contributed by atoms with van der Waals surface area (Å²) in [6.45, 7) is 4.84. The summed E-state index contributed by atoms with van der Waals surface area (Å²) in [5, 5.41) is 7.14. The number of aromatic nitrogens is 3. The van der Waals surface area contributed by atoms with E-state index in [9.17, 15) is 9.59 Å². The van der Waals surface area contributed by atoms with Crippen LogP contribution in [0.3, 0.4) is 0 Å². The van der Waals surface area contributed by atoms with Crippen molar-refractivity contribution in [2.24, 2.45) is 13.0 Å². The lowest BCUT2D eigenvalue weighted by Gasteiger charge is -2.18. The molecular weight excluding hydrogens is 378 g/mol.